The van der Waals surface area contributed by atoms with Crippen LogP contribution in [0.4, 0.5) is 29.0 Å². The normalized spacial score (nSPS) is 14.8. The summed E-state index contributed by atoms with van der Waals surface area (Å²) in [5, 5.41) is 14.1. The van der Waals surface area contributed by atoms with Crippen LogP contribution in [-0.2, 0) is 9.84 Å². The summed E-state index contributed by atoms with van der Waals surface area (Å²) >= 11 is 0. The number of nitrogens with one attached hydrogen (secondary N) is 3. The van der Waals surface area contributed by atoms with Crippen LogP contribution in [-0.4, -0.2) is 62.0 Å². The van der Waals surface area contributed by atoms with Crippen LogP contribution in [0.3, 0.4) is 0 Å². The number of rotatable bonds is 9. The van der Waals surface area contributed by atoms with Crippen LogP contribution < -0.4 is 21.1 Å². The molecule has 1 aromatic heterocycles. The van der Waals surface area contributed by atoms with Gasteiger partial charge in [0.25, 0.3) is 0 Å². The molecule has 0 atom stereocenters. The highest BCUT2D eigenvalue weighted by Gasteiger charge is 2.23. The Balaban J connectivity index is 1.72. The standard InChI is InChI=1S/C28H37N7O3S/c1-17(2)38-24-15-20(19-10-12-35(4)13-11-19)18(3)14-23(24)32-28-33-26(30)21(16-29)27(34-28)31-22-8-6-7-9-25(22)39(5,36)37/h6-9,14-17,19,29H,10-13H2,1-5H3,(H4,30,31,32,33,34). The van der Waals surface area contributed by atoms with Crippen molar-refractivity contribution in [3.8, 4) is 5.75 Å². The highest BCUT2D eigenvalue weighted by Crippen LogP contribution is 2.38. The van der Waals surface area contributed by atoms with Crippen molar-refractivity contribution in [1.82, 2.24) is 14.9 Å². The van der Waals surface area contributed by atoms with E-state index in [9.17, 15) is 8.42 Å². The highest BCUT2D eigenvalue weighted by molar-refractivity contribution is 7.90. The number of nitrogen functional groups attached to an aromatic ring is 1. The first-order valence-electron chi connectivity index (χ1n) is 13.0. The number of nitrogens with two attached hydrogens (primary N) is 1. The molecule has 0 bridgehead atoms. The maximum atomic E-state index is 12.3. The van der Waals surface area contributed by atoms with Gasteiger partial charge in [-0.1, -0.05) is 12.1 Å². The number of anilines is 5. The molecule has 1 aliphatic heterocycles. The Labute approximate surface area is 230 Å². The number of aromatic nitrogens is 2. The fraction of sp³-hybridized carbons (Fsp3) is 0.393. The number of nitrogens with zero attached hydrogens (tertiary/aromatic N) is 3. The zero-order valence-electron chi connectivity index (χ0n) is 23.1. The van der Waals surface area contributed by atoms with Gasteiger partial charge in [-0.25, -0.2) is 8.42 Å². The predicted molar refractivity (Wildman–Crippen MR) is 157 cm³/mol. The maximum Gasteiger partial charge on any atom is 0.231 e. The van der Waals surface area contributed by atoms with Crippen molar-refractivity contribution in [2.45, 2.75) is 50.5 Å². The zero-order chi connectivity index (χ0) is 28.3. The third-order valence-electron chi connectivity index (χ3n) is 6.79. The van der Waals surface area contributed by atoms with Crippen molar-refractivity contribution in [3.63, 3.8) is 0 Å². The molecule has 0 saturated carbocycles. The molecule has 0 amide bonds. The van der Waals surface area contributed by atoms with E-state index in [0.717, 1.165) is 44.0 Å². The van der Waals surface area contributed by atoms with Crippen molar-refractivity contribution in [2.24, 2.45) is 0 Å². The number of hydrogen-bond acceptors (Lipinski definition) is 10. The lowest BCUT2D eigenvalue weighted by Gasteiger charge is -2.30. The number of para-hydroxylation sites is 1. The summed E-state index contributed by atoms with van der Waals surface area (Å²) in [5.41, 5.74) is 9.91. The number of hydrogen-bond donors (Lipinski definition) is 4. The Bertz CT molecular complexity index is 1470. The molecule has 0 aliphatic carbocycles. The summed E-state index contributed by atoms with van der Waals surface area (Å²) in [5.74, 6) is 1.64. The van der Waals surface area contributed by atoms with Gasteiger partial charge >= 0.3 is 0 Å². The Morgan fingerprint density at radius 2 is 1.82 bits per heavy atom. The number of ether oxygens (including phenoxy) is 1. The topological polar surface area (TPSA) is 146 Å². The molecule has 0 spiro atoms. The molecule has 208 valence electrons. The van der Waals surface area contributed by atoms with Crippen molar-refractivity contribution in [3.05, 3.63) is 53.1 Å². The van der Waals surface area contributed by atoms with Crippen LogP contribution in [0.2, 0.25) is 0 Å². The van der Waals surface area contributed by atoms with Gasteiger partial charge in [-0.2, -0.15) is 9.97 Å². The summed E-state index contributed by atoms with van der Waals surface area (Å²) in [6.45, 7) is 8.19. The molecule has 39 heavy (non-hydrogen) atoms. The minimum atomic E-state index is -3.51. The fourth-order valence-corrected chi connectivity index (χ4v) is 5.68. The Morgan fingerprint density at radius 3 is 2.46 bits per heavy atom. The number of piperidine rings is 1. The molecule has 4 rings (SSSR count). The molecule has 0 radical (unpaired) electrons. The number of aryl methyl sites for hydroxylation is 1. The first-order valence-corrected chi connectivity index (χ1v) is 14.9. The zero-order valence-corrected chi connectivity index (χ0v) is 23.9. The number of benzene rings is 2. The highest BCUT2D eigenvalue weighted by atomic mass is 32.2. The van der Waals surface area contributed by atoms with Gasteiger partial charge in [0.1, 0.15) is 17.4 Å². The predicted octanol–water partition coefficient (Wildman–Crippen LogP) is 4.85. The largest absolute Gasteiger partial charge is 0.489 e. The number of likely N-dealkylation sites (tertiary alicyclic amines) is 1. The summed E-state index contributed by atoms with van der Waals surface area (Å²) in [4.78, 5) is 11.4. The lowest BCUT2D eigenvalue weighted by Crippen LogP contribution is -2.29. The van der Waals surface area contributed by atoms with E-state index in [-0.39, 0.29) is 34.1 Å². The molecular formula is C28H37N7O3S. The van der Waals surface area contributed by atoms with Gasteiger partial charge in [0, 0.05) is 12.5 Å². The van der Waals surface area contributed by atoms with E-state index in [1.807, 2.05) is 19.9 Å². The SMILES string of the molecule is Cc1cc(Nc2nc(N)c(C=N)c(Nc3ccccc3S(C)(=O)=O)n2)c(OC(C)C)cc1C1CCN(C)CC1. The van der Waals surface area contributed by atoms with E-state index in [1.165, 1.54) is 11.6 Å². The molecule has 5 N–H and O–H groups in total. The summed E-state index contributed by atoms with van der Waals surface area (Å²) in [6.07, 6.45) is 4.33. The monoisotopic (exact) mass is 551 g/mol. The summed E-state index contributed by atoms with van der Waals surface area (Å²) < 4.78 is 30.8. The Kier molecular flexibility index (Phi) is 8.41. The summed E-state index contributed by atoms with van der Waals surface area (Å²) in [6, 6.07) is 10.7. The Morgan fingerprint density at radius 1 is 1.13 bits per heavy atom. The van der Waals surface area contributed by atoms with E-state index < -0.39 is 9.84 Å². The first kappa shape index (κ1) is 28.3. The Hall–Kier alpha value is -3.70. The molecule has 10 nitrogen and oxygen atoms in total. The van der Waals surface area contributed by atoms with Gasteiger partial charge < -0.3 is 31.4 Å². The van der Waals surface area contributed by atoms with E-state index in [2.05, 4.69) is 45.5 Å². The van der Waals surface area contributed by atoms with E-state index >= 15 is 0 Å². The van der Waals surface area contributed by atoms with Gasteiger partial charge in [-0.3, -0.25) is 0 Å². The molecule has 1 fully saturated rings. The lowest BCUT2D eigenvalue weighted by molar-refractivity contribution is 0.241. The first-order chi connectivity index (χ1) is 18.5. The van der Waals surface area contributed by atoms with Crippen LogP contribution in [0.1, 0.15) is 49.3 Å². The second kappa shape index (κ2) is 11.6. The molecule has 1 aliphatic rings. The number of sulfone groups is 1. The minimum Gasteiger partial charge on any atom is -0.489 e. The van der Waals surface area contributed by atoms with E-state index in [0.29, 0.717) is 23.0 Å². The average molecular weight is 552 g/mol. The lowest BCUT2D eigenvalue weighted by atomic mass is 9.86. The van der Waals surface area contributed by atoms with Gasteiger partial charge in [0.2, 0.25) is 5.95 Å². The van der Waals surface area contributed by atoms with Gasteiger partial charge in [-0.05, 0) is 95.1 Å². The van der Waals surface area contributed by atoms with E-state index in [4.69, 9.17) is 15.9 Å². The third-order valence-corrected chi connectivity index (χ3v) is 7.95. The molecule has 1 saturated heterocycles. The molecule has 0 unspecified atom stereocenters. The van der Waals surface area contributed by atoms with Crippen molar-refractivity contribution < 1.29 is 13.2 Å². The maximum absolute atomic E-state index is 12.3. The van der Waals surface area contributed by atoms with Crippen LogP contribution in [0.15, 0.2) is 41.3 Å². The van der Waals surface area contributed by atoms with E-state index in [1.54, 1.807) is 18.2 Å². The van der Waals surface area contributed by atoms with Crippen LogP contribution >= 0.6 is 0 Å². The minimum absolute atomic E-state index is 0.0467. The average Bonchev–Trinajstić information content (AvgIpc) is 2.85. The second-order valence-electron chi connectivity index (χ2n) is 10.3. The molecule has 3 aromatic rings. The smallest absolute Gasteiger partial charge is 0.231 e. The molecule has 11 heteroatoms. The van der Waals surface area contributed by atoms with Crippen LogP contribution in [0.5, 0.6) is 5.75 Å². The van der Waals surface area contributed by atoms with Crippen molar-refractivity contribution in [1.29, 1.82) is 5.41 Å². The van der Waals surface area contributed by atoms with Gasteiger partial charge in [0.15, 0.2) is 9.84 Å². The van der Waals surface area contributed by atoms with Gasteiger partial charge in [-0.15, -0.1) is 0 Å². The fourth-order valence-electron chi connectivity index (χ4n) is 4.83. The van der Waals surface area contributed by atoms with Crippen LogP contribution in [0.25, 0.3) is 0 Å². The molecule has 2 aromatic carbocycles. The second-order valence-corrected chi connectivity index (χ2v) is 12.3. The summed E-state index contributed by atoms with van der Waals surface area (Å²) in [7, 11) is -1.36. The third kappa shape index (κ3) is 6.66. The van der Waals surface area contributed by atoms with Crippen molar-refractivity contribution >= 4 is 45.0 Å². The van der Waals surface area contributed by atoms with Gasteiger partial charge in [0.05, 0.1) is 27.9 Å². The molecular weight excluding hydrogens is 514 g/mol. The molecule has 2 heterocycles. The quantitative estimate of drug-likeness (QED) is 0.274. The van der Waals surface area contributed by atoms with Crippen molar-refractivity contribution in [2.75, 3.05) is 42.8 Å². The van der Waals surface area contributed by atoms with Crippen LogP contribution in [0, 0.1) is 12.3 Å².